The quantitative estimate of drug-likeness (QED) is 0.0283. The second kappa shape index (κ2) is 20.5. The molecule has 0 aliphatic carbocycles. The van der Waals surface area contributed by atoms with Crippen LogP contribution in [0.1, 0.15) is 24.0 Å². The van der Waals surface area contributed by atoms with E-state index in [-0.39, 0.29) is 30.7 Å². The Bertz CT molecular complexity index is 1540. The standard InChI is InChI=1S/C20H24N4O4.C10H11NO2.CH4O3S/c21-20(22)23-11-5-10-18(25)24-17(19(26)27)13-14-6-4-9-16(12-14)28-15-7-2-1-3-8-15;1-13-10(12)7-4-8-2-5-9(11)6-3-8;1-5(2,3)4/h1-4,6-9,12,17H,5,10-11,13H2,(H,24,25)(H,26,27)(H4,21,22,23);2-7H,11H2,1H3;1H3,(H,2,3,4). The Hall–Kier alpha value is -5.41. The fourth-order valence-electron chi connectivity index (χ4n) is 3.37. The van der Waals surface area contributed by atoms with Crippen LogP contribution in [0.4, 0.5) is 5.69 Å². The Morgan fingerprint density at radius 1 is 1.00 bits per heavy atom. The number of hydrogen-bond donors (Lipinski definition) is 7. The highest BCUT2D eigenvalue weighted by Crippen LogP contribution is 2.22. The van der Waals surface area contributed by atoms with E-state index >= 15 is 0 Å². The molecule has 1 amide bonds. The lowest BCUT2D eigenvalue weighted by Crippen LogP contribution is -2.42. The van der Waals surface area contributed by atoms with Gasteiger partial charge < -0.3 is 36.7 Å². The molecule has 46 heavy (non-hydrogen) atoms. The molecule has 0 radical (unpaired) electrons. The van der Waals surface area contributed by atoms with E-state index in [1.807, 2.05) is 42.5 Å². The SMILES string of the molecule is COC(=O)C=Cc1ccc(N)cc1.CS(=O)(=O)O.N=C(N)NCCCC(=O)NC(Cc1cccc(Oc2ccccc2)c1)C(=O)O. The number of benzene rings is 3. The Kier molecular flexibility index (Phi) is 17.2. The summed E-state index contributed by atoms with van der Waals surface area (Å²) in [6.07, 6.45) is 4.47. The number of para-hydroxylation sites is 1. The molecule has 0 aliphatic rings. The molecule has 0 spiro atoms. The number of carbonyl (C=O) groups is 3. The number of carbonyl (C=O) groups excluding carboxylic acids is 2. The van der Waals surface area contributed by atoms with Gasteiger partial charge in [-0.15, -0.1) is 0 Å². The van der Waals surface area contributed by atoms with Crippen molar-refractivity contribution in [3.05, 3.63) is 96.1 Å². The highest BCUT2D eigenvalue weighted by Gasteiger charge is 2.20. The minimum absolute atomic E-state index is 0.138. The van der Waals surface area contributed by atoms with Gasteiger partial charge in [-0.1, -0.05) is 42.5 Å². The molecule has 0 fully saturated rings. The number of methoxy groups -OCH3 is 1. The van der Waals surface area contributed by atoms with Gasteiger partial charge in [0.2, 0.25) is 5.91 Å². The van der Waals surface area contributed by atoms with Crippen LogP contribution in [0.15, 0.2) is 84.9 Å². The van der Waals surface area contributed by atoms with Gasteiger partial charge in [0.1, 0.15) is 17.5 Å². The number of aliphatic carboxylic acids is 1. The van der Waals surface area contributed by atoms with Gasteiger partial charge in [-0.05, 0) is 60.0 Å². The van der Waals surface area contributed by atoms with Gasteiger partial charge in [-0.2, -0.15) is 8.42 Å². The van der Waals surface area contributed by atoms with E-state index in [4.69, 9.17) is 26.2 Å². The molecule has 0 heterocycles. The number of guanidine groups is 1. The van der Waals surface area contributed by atoms with Gasteiger partial charge in [0.25, 0.3) is 10.1 Å². The van der Waals surface area contributed by atoms with Gasteiger partial charge in [0.05, 0.1) is 13.4 Å². The molecule has 3 rings (SSSR count). The Morgan fingerprint density at radius 2 is 1.61 bits per heavy atom. The second-order valence-electron chi connectivity index (χ2n) is 9.43. The third kappa shape index (κ3) is 19.7. The van der Waals surface area contributed by atoms with Crippen LogP contribution < -0.4 is 26.8 Å². The van der Waals surface area contributed by atoms with Crippen molar-refractivity contribution in [2.24, 2.45) is 5.73 Å². The molecular formula is C31H39N5O9S. The summed E-state index contributed by atoms with van der Waals surface area (Å²) in [7, 11) is -2.32. The molecule has 0 bridgehead atoms. The summed E-state index contributed by atoms with van der Waals surface area (Å²) in [5, 5.41) is 21.6. The summed E-state index contributed by atoms with van der Waals surface area (Å²) in [6.45, 7) is 0.374. The molecule has 0 aromatic heterocycles. The molecule has 14 nitrogen and oxygen atoms in total. The van der Waals surface area contributed by atoms with Crippen LogP contribution in [0, 0.1) is 5.41 Å². The predicted molar refractivity (Wildman–Crippen MR) is 175 cm³/mol. The maximum absolute atomic E-state index is 12.0. The molecule has 0 aliphatic heterocycles. The largest absolute Gasteiger partial charge is 0.480 e. The molecule has 3 aromatic rings. The third-order valence-electron chi connectivity index (χ3n) is 5.40. The first kappa shape index (κ1) is 38.6. The molecule has 0 saturated heterocycles. The first-order chi connectivity index (χ1) is 21.7. The third-order valence-corrected chi connectivity index (χ3v) is 5.40. The van der Waals surface area contributed by atoms with Gasteiger partial charge in [0, 0.05) is 31.1 Å². The van der Waals surface area contributed by atoms with Crippen LogP contribution in [0.25, 0.3) is 6.08 Å². The van der Waals surface area contributed by atoms with Gasteiger partial charge >= 0.3 is 11.9 Å². The zero-order valence-corrected chi connectivity index (χ0v) is 26.2. The van der Waals surface area contributed by atoms with Crippen LogP contribution in [0.2, 0.25) is 0 Å². The summed E-state index contributed by atoms with van der Waals surface area (Å²) in [5.41, 5.74) is 13.0. The van der Waals surface area contributed by atoms with Crippen molar-refractivity contribution in [2.45, 2.75) is 25.3 Å². The summed E-state index contributed by atoms with van der Waals surface area (Å²) >= 11 is 0. The smallest absolute Gasteiger partial charge is 0.330 e. The molecule has 1 unspecified atom stereocenters. The number of nitrogens with two attached hydrogens (primary N) is 2. The Labute approximate surface area is 267 Å². The van der Waals surface area contributed by atoms with E-state index in [0.29, 0.717) is 36.4 Å². The van der Waals surface area contributed by atoms with Crippen LogP contribution in [0.3, 0.4) is 0 Å². The zero-order chi connectivity index (χ0) is 34.5. The van der Waals surface area contributed by atoms with Crippen molar-refractivity contribution in [1.29, 1.82) is 5.41 Å². The van der Waals surface area contributed by atoms with Crippen LogP contribution in [0.5, 0.6) is 11.5 Å². The molecule has 9 N–H and O–H groups in total. The number of anilines is 1. The van der Waals surface area contributed by atoms with Crippen LogP contribution in [-0.4, -0.2) is 67.8 Å². The lowest BCUT2D eigenvalue weighted by Gasteiger charge is -2.15. The Morgan fingerprint density at radius 3 is 2.17 bits per heavy atom. The van der Waals surface area contributed by atoms with Crippen molar-refractivity contribution < 1.29 is 41.9 Å². The number of ether oxygens (including phenoxy) is 2. The van der Waals surface area contributed by atoms with E-state index in [1.165, 1.54) is 13.2 Å². The van der Waals surface area contributed by atoms with E-state index in [1.54, 1.807) is 42.5 Å². The second-order valence-corrected chi connectivity index (χ2v) is 10.9. The Balaban J connectivity index is 0.000000484. The lowest BCUT2D eigenvalue weighted by atomic mass is 10.1. The van der Waals surface area contributed by atoms with Gasteiger partial charge in [0.15, 0.2) is 5.96 Å². The normalized spacial score (nSPS) is 11.0. The highest BCUT2D eigenvalue weighted by molar-refractivity contribution is 7.85. The van der Waals surface area contributed by atoms with Crippen molar-refractivity contribution in [2.75, 3.05) is 25.6 Å². The molecule has 15 heteroatoms. The monoisotopic (exact) mass is 657 g/mol. The summed E-state index contributed by atoms with van der Waals surface area (Å²) in [6, 6.07) is 22.5. The number of carboxylic acid groups (broad SMARTS) is 1. The lowest BCUT2D eigenvalue weighted by molar-refractivity contribution is -0.141. The average molecular weight is 658 g/mol. The molecule has 248 valence electrons. The average Bonchev–Trinajstić information content (AvgIpc) is 2.98. The number of rotatable bonds is 12. The molecule has 1 atom stereocenters. The molecular weight excluding hydrogens is 618 g/mol. The van der Waals surface area contributed by atoms with Crippen molar-refractivity contribution >= 4 is 45.7 Å². The fourth-order valence-corrected chi connectivity index (χ4v) is 3.37. The predicted octanol–water partition coefficient (Wildman–Crippen LogP) is 2.81. The van der Waals surface area contributed by atoms with Gasteiger partial charge in [-0.3, -0.25) is 14.8 Å². The topological polar surface area (TPSA) is 244 Å². The summed E-state index contributed by atoms with van der Waals surface area (Å²) in [5.74, 6) is -0.728. The van der Waals surface area contributed by atoms with Crippen molar-refractivity contribution in [1.82, 2.24) is 10.6 Å². The summed E-state index contributed by atoms with van der Waals surface area (Å²) < 4.78 is 36.1. The first-order valence-electron chi connectivity index (χ1n) is 13.6. The van der Waals surface area contributed by atoms with Crippen molar-refractivity contribution in [3.63, 3.8) is 0 Å². The molecule has 0 saturated carbocycles. The van der Waals surface area contributed by atoms with E-state index in [0.717, 1.165) is 11.1 Å². The number of amides is 1. The maximum Gasteiger partial charge on any atom is 0.330 e. The number of nitrogen functional groups attached to an aromatic ring is 1. The van der Waals surface area contributed by atoms with Gasteiger partial charge in [-0.25, -0.2) is 9.59 Å². The maximum atomic E-state index is 12.0. The van der Waals surface area contributed by atoms with Crippen LogP contribution >= 0.6 is 0 Å². The number of nitrogens with one attached hydrogen (secondary N) is 3. The highest BCUT2D eigenvalue weighted by atomic mass is 32.2. The summed E-state index contributed by atoms with van der Waals surface area (Å²) in [4.78, 5) is 34.2. The van der Waals surface area contributed by atoms with E-state index in [9.17, 15) is 27.9 Å². The number of esters is 1. The number of carboxylic acids is 1. The van der Waals surface area contributed by atoms with Crippen molar-refractivity contribution in [3.8, 4) is 11.5 Å². The molecule has 3 aromatic carbocycles. The van der Waals surface area contributed by atoms with E-state index < -0.39 is 22.1 Å². The minimum Gasteiger partial charge on any atom is -0.480 e. The number of hydrogen-bond acceptors (Lipinski definition) is 9. The zero-order valence-electron chi connectivity index (χ0n) is 25.4. The van der Waals surface area contributed by atoms with E-state index in [2.05, 4.69) is 15.4 Å². The fraction of sp³-hybridized carbons (Fsp3) is 0.226. The minimum atomic E-state index is -3.67. The van der Waals surface area contributed by atoms with Crippen LogP contribution in [-0.2, 0) is 35.7 Å². The first-order valence-corrected chi connectivity index (χ1v) is 15.5.